The molecule has 34 heavy (non-hydrogen) atoms. The Labute approximate surface area is 194 Å². The maximum Gasteiger partial charge on any atom is 0.269 e. The number of anilines is 2. The van der Waals surface area contributed by atoms with Crippen LogP contribution in [-0.2, 0) is 11.3 Å². The minimum atomic E-state index is -0.694. The SMILES string of the molecule is CNC(=O)c1ccc(N2CCN(Cc3cn4nc(C)c5c4c(c3F)NC(=O)[C@H]5C)CC2)c(F)n1. The van der Waals surface area contributed by atoms with Crippen molar-refractivity contribution in [3.63, 3.8) is 0 Å². The van der Waals surface area contributed by atoms with Gasteiger partial charge in [0, 0.05) is 57.1 Å². The number of rotatable bonds is 4. The lowest BCUT2D eigenvalue weighted by Gasteiger charge is -2.36. The van der Waals surface area contributed by atoms with Crippen molar-refractivity contribution in [1.82, 2.24) is 24.8 Å². The van der Waals surface area contributed by atoms with E-state index in [1.165, 1.54) is 13.1 Å². The van der Waals surface area contributed by atoms with E-state index in [0.29, 0.717) is 55.2 Å². The number of hydrogen-bond acceptors (Lipinski definition) is 6. The summed E-state index contributed by atoms with van der Waals surface area (Å²) in [6.07, 6.45) is 1.68. The van der Waals surface area contributed by atoms with Crippen molar-refractivity contribution in [2.45, 2.75) is 26.3 Å². The van der Waals surface area contributed by atoms with Crippen LogP contribution < -0.4 is 15.5 Å². The van der Waals surface area contributed by atoms with Crippen LogP contribution in [0.4, 0.5) is 20.2 Å². The molecule has 2 N–H and O–H groups in total. The molecule has 2 aliphatic rings. The second kappa shape index (κ2) is 8.32. The predicted molar refractivity (Wildman–Crippen MR) is 122 cm³/mol. The largest absolute Gasteiger partial charge is 0.365 e. The maximum atomic E-state index is 15.4. The molecule has 0 aliphatic carbocycles. The lowest BCUT2D eigenvalue weighted by molar-refractivity contribution is -0.117. The van der Waals surface area contributed by atoms with Gasteiger partial charge in [0.2, 0.25) is 11.9 Å². The number of aromatic nitrogens is 3. The average molecular weight is 469 g/mol. The number of carbonyl (C=O) groups excluding carboxylic acids is 2. The molecule has 0 aromatic carbocycles. The van der Waals surface area contributed by atoms with Gasteiger partial charge in [-0.25, -0.2) is 13.9 Å². The van der Waals surface area contributed by atoms with Crippen molar-refractivity contribution in [1.29, 1.82) is 0 Å². The summed E-state index contributed by atoms with van der Waals surface area (Å²) in [6, 6.07) is 3.05. The van der Waals surface area contributed by atoms with Crippen LogP contribution in [-0.4, -0.2) is 64.5 Å². The normalized spacial score (nSPS) is 18.3. The van der Waals surface area contributed by atoms with Gasteiger partial charge < -0.3 is 15.5 Å². The summed E-state index contributed by atoms with van der Waals surface area (Å²) in [5.74, 6) is -2.22. The molecule has 3 aromatic rings. The summed E-state index contributed by atoms with van der Waals surface area (Å²) in [5, 5.41) is 9.64. The summed E-state index contributed by atoms with van der Waals surface area (Å²) in [4.78, 5) is 31.7. The molecule has 2 amide bonds. The van der Waals surface area contributed by atoms with Gasteiger partial charge in [0.1, 0.15) is 11.4 Å². The fourth-order valence-electron chi connectivity index (χ4n) is 4.78. The Morgan fingerprint density at radius 3 is 2.65 bits per heavy atom. The highest BCUT2D eigenvalue weighted by Crippen LogP contribution is 2.37. The van der Waals surface area contributed by atoms with Gasteiger partial charge in [-0.15, -0.1) is 0 Å². The molecule has 1 fully saturated rings. The zero-order valence-electron chi connectivity index (χ0n) is 19.2. The van der Waals surface area contributed by atoms with Gasteiger partial charge in [-0.2, -0.15) is 9.49 Å². The van der Waals surface area contributed by atoms with E-state index in [1.807, 2.05) is 11.8 Å². The van der Waals surface area contributed by atoms with E-state index < -0.39 is 17.7 Å². The molecule has 1 atom stereocenters. The maximum absolute atomic E-state index is 15.4. The first-order chi connectivity index (χ1) is 16.3. The number of carbonyl (C=O) groups is 2. The molecule has 0 bridgehead atoms. The molecule has 5 rings (SSSR count). The third-order valence-electron chi connectivity index (χ3n) is 6.62. The van der Waals surface area contributed by atoms with Crippen LogP contribution in [0.3, 0.4) is 0 Å². The van der Waals surface area contributed by atoms with E-state index in [1.54, 1.807) is 23.7 Å². The van der Waals surface area contributed by atoms with Crippen molar-refractivity contribution >= 4 is 28.7 Å². The highest BCUT2D eigenvalue weighted by Gasteiger charge is 2.32. The first kappa shape index (κ1) is 22.2. The molecular formula is C23H25F2N7O2. The highest BCUT2D eigenvalue weighted by atomic mass is 19.1. The van der Waals surface area contributed by atoms with Crippen LogP contribution >= 0.6 is 0 Å². The summed E-state index contributed by atoms with van der Waals surface area (Å²) in [7, 11) is 1.46. The second-order valence-corrected chi connectivity index (χ2v) is 8.70. The Hall–Kier alpha value is -3.60. The Kier molecular flexibility index (Phi) is 5.43. The lowest BCUT2D eigenvalue weighted by Crippen LogP contribution is -2.46. The Morgan fingerprint density at radius 2 is 1.97 bits per heavy atom. The van der Waals surface area contributed by atoms with E-state index >= 15 is 4.39 Å². The molecule has 0 unspecified atom stereocenters. The molecule has 0 spiro atoms. The smallest absolute Gasteiger partial charge is 0.269 e. The number of aryl methyl sites for hydroxylation is 1. The fraction of sp³-hybridized carbons (Fsp3) is 0.391. The summed E-state index contributed by atoms with van der Waals surface area (Å²) < 4.78 is 31.6. The van der Waals surface area contributed by atoms with Crippen molar-refractivity contribution in [3.8, 4) is 0 Å². The summed E-state index contributed by atoms with van der Waals surface area (Å²) in [6.45, 7) is 6.15. The molecule has 178 valence electrons. The topological polar surface area (TPSA) is 94.9 Å². The Balaban J connectivity index is 1.33. The molecule has 3 aromatic heterocycles. The Morgan fingerprint density at radius 1 is 1.24 bits per heavy atom. The number of halogens is 2. The van der Waals surface area contributed by atoms with Gasteiger partial charge in [0.05, 0.1) is 22.8 Å². The molecule has 5 heterocycles. The van der Waals surface area contributed by atoms with E-state index in [9.17, 15) is 14.0 Å². The van der Waals surface area contributed by atoms with Gasteiger partial charge >= 0.3 is 0 Å². The van der Waals surface area contributed by atoms with Crippen molar-refractivity contribution in [2.24, 2.45) is 0 Å². The zero-order chi connectivity index (χ0) is 24.1. The molecule has 0 saturated carbocycles. The molecule has 0 radical (unpaired) electrons. The van der Waals surface area contributed by atoms with Crippen LogP contribution in [0.1, 0.15) is 40.2 Å². The molecule has 2 aliphatic heterocycles. The van der Waals surface area contributed by atoms with Crippen molar-refractivity contribution in [2.75, 3.05) is 43.4 Å². The number of pyridine rings is 2. The standard InChI is InChI=1S/C23H25F2N7O2/c1-12-17-13(2)29-32-11-14(18(24)19(20(17)32)28-22(12)33)10-30-6-8-31(9-7-30)16-5-4-15(23(34)26-3)27-21(16)25/h4-5,11-12H,6-10H2,1-3H3,(H,26,34)(H,28,33)/t12-/m0/s1. The van der Waals surface area contributed by atoms with Crippen molar-refractivity contribution in [3.05, 3.63) is 52.6 Å². The van der Waals surface area contributed by atoms with Crippen molar-refractivity contribution < 1.29 is 18.4 Å². The van der Waals surface area contributed by atoms with Crippen LogP contribution in [0.25, 0.3) is 5.52 Å². The van der Waals surface area contributed by atoms with Gasteiger partial charge in [-0.05, 0) is 26.0 Å². The van der Waals surface area contributed by atoms with E-state index in [-0.39, 0.29) is 23.2 Å². The third-order valence-corrected chi connectivity index (χ3v) is 6.62. The first-order valence-electron chi connectivity index (χ1n) is 11.2. The fourth-order valence-corrected chi connectivity index (χ4v) is 4.78. The number of hydrogen-bond donors (Lipinski definition) is 2. The zero-order valence-corrected chi connectivity index (χ0v) is 19.2. The van der Waals surface area contributed by atoms with Gasteiger partial charge in [-0.1, -0.05) is 0 Å². The molecule has 11 heteroatoms. The average Bonchev–Trinajstić information content (AvgIpc) is 3.16. The van der Waals surface area contributed by atoms with Gasteiger partial charge in [0.25, 0.3) is 5.91 Å². The Bertz CT molecular complexity index is 1310. The van der Waals surface area contributed by atoms with E-state index in [2.05, 4.69) is 25.6 Å². The number of piperazine rings is 1. The lowest BCUT2D eigenvalue weighted by atomic mass is 9.94. The first-order valence-corrected chi connectivity index (χ1v) is 11.2. The minimum absolute atomic E-state index is 0.0238. The van der Waals surface area contributed by atoms with Gasteiger partial charge in [-0.3, -0.25) is 14.5 Å². The number of nitrogens with zero attached hydrogens (tertiary/aromatic N) is 5. The second-order valence-electron chi connectivity index (χ2n) is 8.70. The van der Waals surface area contributed by atoms with Crippen LogP contribution in [0.15, 0.2) is 18.3 Å². The van der Waals surface area contributed by atoms with E-state index in [4.69, 9.17) is 0 Å². The third kappa shape index (κ3) is 3.56. The monoisotopic (exact) mass is 469 g/mol. The number of amides is 2. The predicted octanol–water partition coefficient (Wildman–Crippen LogP) is 2.05. The van der Waals surface area contributed by atoms with E-state index in [0.717, 1.165) is 5.56 Å². The minimum Gasteiger partial charge on any atom is -0.365 e. The summed E-state index contributed by atoms with van der Waals surface area (Å²) >= 11 is 0. The summed E-state index contributed by atoms with van der Waals surface area (Å²) in [5.41, 5.74) is 3.06. The van der Waals surface area contributed by atoms with Gasteiger partial charge in [0.15, 0.2) is 5.82 Å². The number of nitrogens with one attached hydrogen (secondary N) is 2. The highest BCUT2D eigenvalue weighted by molar-refractivity contribution is 6.05. The van der Waals surface area contributed by atoms with Crippen LogP contribution in [0, 0.1) is 18.7 Å². The van der Waals surface area contributed by atoms with Crippen LogP contribution in [0.2, 0.25) is 0 Å². The quantitative estimate of drug-likeness (QED) is 0.568. The molecular weight excluding hydrogens is 444 g/mol. The molecule has 9 nitrogen and oxygen atoms in total. The van der Waals surface area contributed by atoms with Crippen LogP contribution in [0.5, 0.6) is 0 Å². The molecule has 1 saturated heterocycles.